The zero-order valence-electron chi connectivity index (χ0n) is 11.5. The Bertz CT molecular complexity index is 495. The molecule has 2 atom stereocenters. The summed E-state index contributed by atoms with van der Waals surface area (Å²) in [4.78, 5) is 12.1. The summed E-state index contributed by atoms with van der Waals surface area (Å²) in [5, 5.41) is 20.9. The topological polar surface area (TPSA) is 66.6 Å². The third-order valence-corrected chi connectivity index (χ3v) is 3.72. The fraction of sp³-hybridized carbons (Fsp3) is 0.571. The lowest BCUT2D eigenvalue weighted by molar-refractivity contribution is -0.387. The van der Waals surface area contributed by atoms with Crippen molar-refractivity contribution in [3.8, 4) is 0 Å². The first-order valence-corrected chi connectivity index (χ1v) is 6.81. The maximum Gasteiger partial charge on any atom is 0.305 e. The maximum atomic E-state index is 13.3. The van der Waals surface area contributed by atoms with Crippen LogP contribution in [0.2, 0.25) is 0 Å². The van der Waals surface area contributed by atoms with Gasteiger partial charge in [-0.05, 0) is 36.9 Å². The highest BCUT2D eigenvalue weighted by Gasteiger charge is 2.22. The predicted molar refractivity (Wildman–Crippen MR) is 72.9 cm³/mol. The SMILES string of the molecule is CC1CCCN(CC(O)c2ccc(F)c([N+](=O)[O-])c2)C1. The first kappa shape index (κ1) is 14.9. The predicted octanol–water partition coefficient (Wildman–Crippen LogP) is 2.50. The third kappa shape index (κ3) is 3.52. The zero-order chi connectivity index (χ0) is 14.7. The molecule has 0 spiro atoms. The molecule has 110 valence electrons. The molecule has 1 saturated heterocycles. The quantitative estimate of drug-likeness (QED) is 0.680. The van der Waals surface area contributed by atoms with E-state index in [-0.39, 0.29) is 0 Å². The molecule has 0 aromatic heterocycles. The van der Waals surface area contributed by atoms with Crippen LogP contribution in [-0.2, 0) is 0 Å². The Balaban J connectivity index is 2.07. The van der Waals surface area contributed by atoms with E-state index >= 15 is 0 Å². The minimum atomic E-state index is -0.877. The van der Waals surface area contributed by atoms with Crippen molar-refractivity contribution in [2.45, 2.75) is 25.9 Å². The van der Waals surface area contributed by atoms with Gasteiger partial charge in [0.15, 0.2) is 0 Å². The Labute approximate surface area is 117 Å². The zero-order valence-corrected chi connectivity index (χ0v) is 11.5. The molecule has 0 aliphatic carbocycles. The van der Waals surface area contributed by atoms with E-state index in [0.29, 0.717) is 18.0 Å². The van der Waals surface area contributed by atoms with Crippen LogP contribution in [0, 0.1) is 21.8 Å². The Morgan fingerprint density at radius 2 is 2.35 bits per heavy atom. The average molecular weight is 282 g/mol. The van der Waals surface area contributed by atoms with Crippen molar-refractivity contribution in [1.29, 1.82) is 0 Å². The molecule has 1 heterocycles. The Morgan fingerprint density at radius 3 is 3.00 bits per heavy atom. The van der Waals surface area contributed by atoms with Gasteiger partial charge in [-0.1, -0.05) is 13.0 Å². The molecule has 0 saturated carbocycles. The van der Waals surface area contributed by atoms with E-state index in [1.54, 1.807) is 0 Å². The summed E-state index contributed by atoms with van der Waals surface area (Å²) >= 11 is 0. The van der Waals surface area contributed by atoms with E-state index in [4.69, 9.17) is 0 Å². The molecule has 5 nitrogen and oxygen atoms in total. The van der Waals surface area contributed by atoms with Gasteiger partial charge in [0.2, 0.25) is 5.82 Å². The molecular formula is C14H19FN2O3. The summed E-state index contributed by atoms with van der Waals surface area (Å²) in [6.07, 6.45) is 1.45. The third-order valence-electron chi connectivity index (χ3n) is 3.72. The summed E-state index contributed by atoms with van der Waals surface area (Å²) < 4.78 is 13.3. The van der Waals surface area contributed by atoms with Crippen LogP contribution < -0.4 is 0 Å². The van der Waals surface area contributed by atoms with Gasteiger partial charge in [0.25, 0.3) is 0 Å². The summed E-state index contributed by atoms with van der Waals surface area (Å²) in [5.41, 5.74) is -0.204. The fourth-order valence-electron chi connectivity index (χ4n) is 2.68. The largest absolute Gasteiger partial charge is 0.387 e. The number of halogens is 1. The van der Waals surface area contributed by atoms with Crippen molar-refractivity contribution >= 4 is 5.69 Å². The van der Waals surface area contributed by atoms with Crippen LogP contribution in [0.25, 0.3) is 0 Å². The molecule has 1 N–H and O–H groups in total. The van der Waals surface area contributed by atoms with Crippen LogP contribution >= 0.6 is 0 Å². The number of piperidine rings is 1. The highest BCUT2D eigenvalue weighted by atomic mass is 19.1. The normalized spacial score (nSPS) is 21.6. The molecule has 0 bridgehead atoms. The number of likely N-dealkylation sites (tertiary alicyclic amines) is 1. The number of nitrogens with zero attached hydrogens (tertiary/aromatic N) is 2. The van der Waals surface area contributed by atoms with E-state index in [1.165, 1.54) is 12.5 Å². The summed E-state index contributed by atoms with van der Waals surface area (Å²) in [5.74, 6) is -0.281. The number of rotatable bonds is 4. The van der Waals surface area contributed by atoms with E-state index in [2.05, 4.69) is 11.8 Å². The second-order valence-electron chi connectivity index (χ2n) is 5.49. The first-order valence-electron chi connectivity index (χ1n) is 6.81. The second-order valence-corrected chi connectivity index (χ2v) is 5.49. The van der Waals surface area contributed by atoms with Crippen molar-refractivity contribution in [3.63, 3.8) is 0 Å². The minimum Gasteiger partial charge on any atom is -0.387 e. The Hall–Kier alpha value is -1.53. The smallest absolute Gasteiger partial charge is 0.305 e. The molecule has 1 aromatic carbocycles. The van der Waals surface area contributed by atoms with Gasteiger partial charge < -0.3 is 10.0 Å². The summed E-state index contributed by atoms with van der Waals surface area (Å²) in [6, 6.07) is 3.56. The van der Waals surface area contributed by atoms with E-state index in [0.717, 1.165) is 31.6 Å². The molecule has 20 heavy (non-hydrogen) atoms. The minimum absolute atomic E-state index is 0.385. The second kappa shape index (κ2) is 6.28. The van der Waals surface area contributed by atoms with Gasteiger partial charge in [0.1, 0.15) is 0 Å². The van der Waals surface area contributed by atoms with Gasteiger partial charge in [0, 0.05) is 19.2 Å². The van der Waals surface area contributed by atoms with E-state index in [9.17, 15) is 19.6 Å². The number of nitro benzene ring substituents is 1. The lowest BCUT2D eigenvalue weighted by Gasteiger charge is -2.32. The molecule has 2 rings (SSSR count). The van der Waals surface area contributed by atoms with Gasteiger partial charge >= 0.3 is 5.69 Å². The van der Waals surface area contributed by atoms with Gasteiger partial charge in [-0.3, -0.25) is 10.1 Å². The summed E-state index contributed by atoms with van der Waals surface area (Å²) in [7, 11) is 0. The van der Waals surface area contributed by atoms with Crippen LogP contribution in [-0.4, -0.2) is 34.6 Å². The van der Waals surface area contributed by atoms with Gasteiger partial charge in [0.05, 0.1) is 11.0 Å². The van der Waals surface area contributed by atoms with Crippen molar-refractivity contribution in [2.75, 3.05) is 19.6 Å². The molecule has 1 aromatic rings. The molecule has 6 heteroatoms. The number of aliphatic hydroxyl groups excluding tert-OH is 1. The van der Waals surface area contributed by atoms with Crippen LogP contribution in [0.3, 0.4) is 0 Å². The van der Waals surface area contributed by atoms with Crippen molar-refractivity contribution in [3.05, 3.63) is 39.7 Å². The number of nitro groups is 1. The van der Waals surface area contributed by atoms with Crippen LogP contribution in [0.5, 0.6) is 0 Å². The fourth-order valence-corrected chi connectivity index (χ4v) is 2.68. The highest BCUT2D eigenvalue weighted by Crippen LogP contribution is 2.24. The Morgan fingerprint density at radius 1 is 1.60 bits per heavy atom. The number of aliphatic hydroxyl groups is 1. The van der Waals surface area contributed by atoms with Crippen LogP contribution in [0.15, 0.2) is 18.2 Å². The maximum absolute atomic E-state index is 13.3. The molecule has 0 amide bonds. The number of benzene rings is 1. The molecule has 1 aliphatic rings. The average Bonchev–Trinajstić information content (AvgIpc) is 2.38. The van der Waals surface area contributed by atoms with Gasteiger partial charge in [-0.15, -0.1) is 0 Å². The molecule has 0 radical (unpaired) electrons. The van der Waals surface area contributed by atoms with Crippen molar-refractivity contribution in [1.82, 2.24) is 4.90 Å². The lowest BCUT2D eigenvalue weighted by Crippen LogP contribution is -2.37. The van der Waals surface area contributed by atoms with E-state index in [1.807, 2.05) is 0 Å². The van der Waals surface area contributed by atoms with Crippen LogP contribution in [0.4, 0.5) is 10.1 Å². The van der Waals surface area contributed by atoms with Crippen LogP contribution in [0.1, 0.15) is 31.4 Å². The molecule has 2 unspecified atom stereocenters. The lowest BCUT2D eigenvalue weighted by atomic mass is 9.99. The number of β-amino-alcohol motifs (C(OH)–C–C–N with tert-alkyl or cyclic N) is 1. The number of hydrogen-bond donors (Lipinski definition) is 1. The van der Waals surface area contributed by atoms with Gasteiger partial charge in [-0.25, -0.2) is 0 Å². The monoisotopic (exact) mass is 282 g/mol. The standard InChI is InChI=1S/C14H19FN2O3/c1-10-3-2-6-16(8-10)9-14(18)11-4-5-12(15)13(7-11)17(19)20/h4-5,7,10,14,18H,2-3,6,8-9H2,1H3. The van der Waals surface area contributed by atoms with Crippen molar-refractivity contribution < 1.29 is 14.4 Å². The molecule has 1 fully saturated rings. The molecule has 1 aliphatic heterocycles. The Kier molecular flexibility index (Phi) is 4.67. The number of hydrogen-bond acceptors (Lipinski definition) is 4. The van der Waals surface area contributed by atoms with E-state index < -0.39 is 22.5 Å². The summed E-state index contributed by atoms with van der Waals surface area (Å²) in [6.45, 7) is 4.43. The molecular weight excluding hydrogens is 263 g/mol. The van der Waals surface area contributed by atoms with Gasteiger partial charge in [-0.2, -0.15) is 4.39 Å². The van der Waals surface area contributed by atoms with Crippen molar-refractivity contribution in [2.24, 2.45) is 5.92 Å². The highest BCUT2D eigenvalue weighted by molar-refractivity contribution is 5.37. The first-order chi connectivity index (χ1) is 9.47.